The highest BCUT2D eigenvalue weighted by Crippen LogP contribution is 2.60. The fourth-order valence-electron chi connectivity index (χ4n) is 6.11. The largest absolute Gasteiger partial charge is 0.395 e. The fourth-order valence-corrected chi connectivity index (χ4v) is 7.05. The molecule has 6 rings (SSSR count). The third kappa shape index (κ3) is 3.73. The molecule has 2 bridgehead atoms. The van der Waals surface area contributed by atoms with Crippen molar-refractivity contribution in [3.05, 3.63) is 54.6 Å². The molecule has 0 aliphatic carbocycles. The van der Waals surface area contributed by atoms with Crippen LogP contribution in [0.3, 0.4) is 0 Å². The zero-order valence-electron chi connectivity index (χ0n) is 19.7. The molecule has 0 saturated carbocycles. The summed E-state index contributed by atoms with van der Waals surface area (Å²) in [4.78, 5) is 41.9. The number of rotatable bonds is 7. The number of ether oxygens (including phenoxy) is 1. The lowest BCUT2D eigenvalue weighted by atomic mass is 9.70. The summed E-state index contributed by atoms with van der Waals surface area (Å²) in [5.41, 5.74) is 0.867. The van der Waals surface area contributed by atoms with Crippen LogP contribution in [-0.4, -0.2) is 78.4 Å². The Hall–Kier alpha value is -3.35. The molecule has 2 aromatic carbocycles. The van der Waals surface area contributed by atoms with Gasteiger partial charge in [0.1, 0.15) is 23.8 Å². The Morgan fingerprint density at radius 2 is 1.89 bits per heavy atom. The molecule has 11 nitrogen and oxygen atoms in total. The summed E-state index contributed by atoms with van der Waals surface area (Å²) >= 11 is 3.64. The maximum Gasteiger partial charge on any atom is 0.247 e. The molecule has 6 atom stereocenters. The summed E-state index contributed by atoms with van der Waals surface area (Å²) in [6, 6.07) is 15.4. The van der Waals surface area contributed by atoms with Gasteiger partial charge in [0.25, 0.3) is 0 Å². The second-order valence-electron chi connectivity index (χ2n) is 9.55. The lowest BCUT2D eigenvalue weighted by molar-refractivity contribution is -0.142. The molecule has 37 heavy (non-hydrogen) atoms. The number of fused-ring (bicyclic) bond motifs is 2. The fraction of sp³-hybridized carbons (Fsp3) is 0.400. The van der Waals surface area contributed by atoms with Gasteiger partial charge in [0.15, 0.2) is 0 Å². The minimum atomic E-state index is -1.20. The molecule has 0 radical (unpaired) electrons. The van der Waals surface area contributed by atoms with Gasteiger partial charge in [-0.2, -0.15) is 0 Å². The quantitative estimate of drug-likeness (QED) is 0.359. The van der Waals surface area contributed by atoms with E-state index in [-0.39, 0.29) is 36.5 Å². The Labute approximate surface area is 220 Å². The molecule has 3 unspecified atom stereocenters. The normalized spacial score (nSPS) is 30.1. The summed E-state index contributed by atoms with van der Waals surface area (Å²) in [7, 11) is 0. The third-order valence-electron chi connectivity index (χ3n) is 7.55. The van der Waals surface area contributed by atoms with Gasteiger partial charge in [0, 0.05) is 17.1 Å². The zero-order chi connectivity index (χ0) is 25.7. The van der Waals surface area contributed by atoms with Crippen LogP contribution in [0.15, 0.2) is 54.6 Å². The number of halogens is 1. The van der Waals surface area contributed by atoms with Crippen molar-refractivity contribution in [2.24, 2.45) is 11.8 Å². The molecule has 192 valence electrons. The lowest BCUT2D eigenvalue weighted by Crippen LogP contribution is -2.56. The molecule has 3 amide bonds. The van der Waals surface area contributed by atoms with Crippen molar-refractivity contribution in [3.63, 3.8) is 0 Å². The number of anilines is 1. The predicted octanol–water partition coefficient (Wildman–Crippen LogP) is 0.884. The van der Waals surface area contributed by atoms with Crippen LogP contribution in [0, 0.1) is 11.8 Å². The number of β-amino-alcohol motifs (C(OH)–C–C–N with tert-alkyl or cyclic N) is 1. The maximum absolute atomic E-state index is 13.7. The number of nitrogens with one attached hydrogen (secondary N) is 2. The third-order valence-corrected chi connectivity index (χ3v) is 8.39. The number of hydrogen-bond donors (Lipinski definition) is 3. The average molecular weight is 569 g/mol. The van der Waals surface area contributed by atoms with E-state index in [1.807, 2.05) is 42.5 Å². The van der Waals surface area contributed by atoms with Crippen LogP contribution in [0.5, 0.6) is 0 Å². The molecular formula is C25H25BrN6O5. The number of aliphatic hydroxyl groups excluding tert-OH is 1. The van der Waals surface area contributed by atoms with Crippen molar-refractivity contribution in [2.45, 2.75) is 35.7 Å². The predicted molar refractivity (Wildman–Crippen MR) is 135 cm³/mol. The maximum atomic E-state index is 13.7. The number of likely N-dealkylation sites (tertiary alicyclic amines) is 1. The van der Waals surface area contributed by atoms with Crippen molar-refractivity contribution in [1.29, 1.82) is 0 Å². The number of aliphatic hydroxyl groups is 1. The summed E-state index contributed by atoms with van der Waals surface area (Å²) in [6.07, 6.45) is -0.182. The summed E-state index contributed by atoms with van der Waals surface area (Å²) < 4.78 is 7.97. The van der Waals surface area contributed by atoms with Crippen molar-refractivity contribution < 1.29 is 24.2 Å². The molecule has 4 heterocycles. The summed E-state index contributed by atoms with van der Waals surface area (Å²) in [5, 5.41) is 23.7. The van der Waals surface area contributed by atoms with Crippen LogP contribution in [0.4, 0.5) is 5.69 Å². The van der Waals surface area contributed by atoms with E-state index in [4.69, 9.17) is 4.74 Å². The minimum absolute atomic E-state index is 0.0385. The Bertz CT molecular complexity index is 1370. The lowest BCUT2D eigenvalue weighted by Gasteiger charge is -2.33. The molecule has 12 heteroatoms. The van der Waals surface area contributed by atoms with Crippen LogP contribution in [0.2, 0.25) is 0 Å². The monoisotopic (exact) mass is 568 g/mol. The molecule has 1 spiro atoms. The number of para-hydroxylation sites is 2. The second-order valence-corrected chi connectivity index (χ2v) is 10.7. The minimum Gasteiger partial charge on any atom is -0.395 e. The van der Waals surface area contributed by atoms with Gasteiger partial charge < -0.3 is 25.4 Å². The number of carbonyl (C=O) groups excluding carboxylic acids is 3. The van der Waals surface area contributed by atoms with Crippen LogP contribution < -0.4 is 10.6 Å². The number of alkyl halides is 1. The standard InChI is InChI=1S/C25H25BrN6O5/c26-15-12-25-19(18(20(15)37-25)22(34)28-14-6-2-1-3-7-14)24(36)31(10-11-33)21(25)23(35)27-13-32-17-9-5-4-8-16(17)29-30-32/h1-9,15,18-21,33H,10-13H2,(H,27,35)(H,28,34)/t15?,18-,19+,20-,21?,25?/m1/s1. The van der Waals surface area contributed by atoms with E-state index in [1.165, 1.54) is 4.90 Å². The highest BCUT2D eigenvalue weighted by atomic mass is 79.9. The number of nitrogens with zero attached hydrogens (tertiary/aromatic N) is 4. The molecule has 1 aromatic heterocycles. The van der Waals surface area contributed by atoms with E-state index in [1.54, 1.807) is 16.8 Å². The smallest absolute Gasteiger partial charge is 0.247 e. The number of amides is 3. The first-order chi connectivity index (χ1) is 17.9. The van der Waals surface area contributed by atoms with E-state index < -0.39 is 35.5 Å². The van der Waals surface area contributed by atoms with E-state index in [2.05, 4.69) is 36.9 Å². The van der Waals surface area contributed by atoms with Crippen LogP contribution >= 0.6 is 15.9 Å². The number of aromatic nitrogens is 3. The Morgan fingerprint density at radius 1 is 1.14 bits per heavy atom. The van der Waals surface area contributed by atoms with Gasteiger partial charge in [-0.15, -0.1) is 5.10 Å². The average Bonchev–Trinajstić information content (AvgIpc) is 3.61. The molecular weight excluding hydrogens is 544 g/mol. The second kappa shape index (κ2) is 9.19. The van der Waals surface area contributed by atoms with E-state index in [0.29, 0.717) is 17.6 Å². The highest BCUT2D eigenvalue weighted by Gasteiger charge is 2.76. The van der Waals surface area contributed by atoms with Crippen molar-refractivity contribution >= 4 is 50.4 Å². The number of benzene rings is 2. The highest BCUT2D eigenvalue weighted by molar-refractivity contribution is 9.09. The van der Waals surface area contributed by atoms with E-state index >= 15 is 0 Å². The topological polar surface area (TPSA) is 139 Å². The van der Waals surface area contributed by atoms with Crippen molar-refractivity contribution in [2.75, 3.05) is 18.5 Å². The van der Waals surface area contributed by atoms with Gasteiger partial charge in [0.05, 0.1) is 30.1 Å². The summed E-state index contributed by atoms with van der Waals surface area (Å²) in [6.45, 7) is -0.333. The molecule has 3 aliphatic heterocycles. The Morgan fingerprint density at radius 3 is 2.68 bits per heavy atom. The first-order valence-corrected chi connectivity index (χ1v) is 13.0. The Kier molecular flexibility index (Phi) is 5.97. The Balaban J connectivity index is 1.29. The van der Waals surface area contributed by atoms with Crippen LogP contribution in [-0.2, 0) is 25.8 Å². The first-order valence-electron chi connectivity index (χ1n) is 12.1. The summed E-state index contributed by atoms with van der Waals surface area (Å²) in [5.74, 6) is -2.77. The number of hydrogen-bond acceptors (Lipinski definition) is 7. The van der Waals surface area contributed by atoms with Gasteiger partial charge in [0.2, 0.25) is 17.7 Å². The first kappa shape index (κ1) is 24.0. The van der Waals surface area contributed by atoms with E-state index in [9.17, 15) is 19.5 Å². The van der Waals surface area contributed by atoms with Crippen molar-refractivity contribution in [3.8, 4) is 0 Å². The van der Waals surface area contributed by atoms with Gasteiger partial charge in [-0.3, -0.25) is 14.4 Å². The van der Waals surface area contributed by atoms with Gasteiger partial charge in [-0.05, 0) is 30.7 Å². The van der Waals surface area contributed by atoms with Gasteiger partial charge in [-0.1, -0.05) is 51.5 Å². The van der Waals surface area contributed by atoms with Crippen LogP contribution in [0.25, 0.3) is 11.0 Å². The van der Waals surface area contributed by atoms with Gasteiger partial charge >= 0.3 is 0 Å². The SMILES string of the molecule is O=C(NCn1nnc2ccccc21)C1N(CCO)C(=O)[C@@H]2[C@@H](C(=O)Nc3ccccc3)[C@@H]3OC12CC3Br. The zero-order valence-corrected chi connectivity index (χ0v) is 21.2. The molecule has 3 fully saturated rings. The molecule has 3 N–H and O–H groups in total. The van der Waals surface area contributed by atoms with E-state index in [0.717, 1.165) is 5.52 Å². The van der Waals surface area contributed by atoms with Crippen LogP contribution in [0.1, 0.15) is 6.42 Å². The molecule has 3 aliphatic rings. The molecule has 3 saturated heterocycles. The van der Waals surface area contributed by atoms with Crippen molar-refractivity contribution in [1.82, 2.24) is 25.2 Å². The molecule has 3 aromatic rings. The number of carbonyl (C=O) groups is 3. The van der Waals surface area contributed by atoms with Gasteiger partial charge in [-0.25, -0.2) is 4.68 Å².